The number of anilines is 2. The van der Waals surface area contributed by atoms with Gasteiger partial charge in [-0.2, -0.15) is 4.98 Å². The van der Waals surface area contributed by atoms with Gasteiger partial charge in [0, 0.05) is 32.1 Å². The van der Waals surface area contributed by atoms with E-state index < -0.39 is 0 Å². The zero-order valence-corrected chi connectivity index (χ0v) is 10.3. The Morgan fingerprint density at radius 1 is 1.31 bits per heavy atom. The number of aromatic nitrogens is 2. The lowest BCUT2D eigenvalue weighted by Crippen LogP contribution is -2.24. The van der Waals surface area contributed by atoms with Crippen molar-refractivity contribution in [1.29, 1.82) is 0 Å². The van der Waals surface area contributed by atoms with Gasteiger partial charge in [0.1, 0.15) is 5.82 Å². The van der Waals surface area contributed by atoms with E-state index in [0.29, 0.717) is 5.92 Å². The van der Waals surface area contributed by atoms with Crippen LogP contribution in [0, 0.1) is 0 Å². The van der Waals surface area contributed by atoms with Crippen LogP contribution in [0.2, 0.25) is 0 Å². The molecule has 0 bridgehead atoms. The number of rotatable bonds is 5. The summed E-state index contributed by atoms with van der Waals surface area (Å²) in [5.74, 6) is 2.46. The van der Waals surface area contributed by atoms with Crippen LogP contribution >= 0.6 is 0 Å². The second-order valence-corrected chi connectivity index (χ2v) is 4.17. The van der Waals surface area contributed by atoms with Crippen molar-refractivity contribution < 1.29 is 0 Å². The Bertz CT molecular complexity index is 356. The monoisotopic (exact) mass is 220 g/mol. The minimum atomic E-state index is 0.671. The average Bonchev–Trinajstić information content (AvgIpc) is 3.14. The molecule has 2 rings (SSSR count). The Morgan fingerprint density at radius 3 is 2.50 bits per heavy atom. The summed E-state index contributed by atoms with van der Waals surface area (Å²) in [6, 6.07) is 2.07. The van der Waals surface area contributed by atoms with Gasteiger partial charge in [-0.25, -0.2) is 4.98 Å². The third-order valence-corrected chi connectivity index (χ3v) is 3.03. The van der Waals surface area contributed by atoms with Gasteiger partial charge in [-0.1, -0.05) is 0 Å². The fourth-order valence-corrected chi connectivity index (χ4v) is 1.82. The lowest BCUT2D eigenvalue weighted by Gasteiger charge is -2.19. The van der Waals surface area contributed by atoms with E-state index in [9.17, 15) is 0 Å². The smallest absolute Gasteiger partial charge is 0.227 e. The number of hydrogen-bond donors (Lipinski definition) is 1. The molecule has 0 spiro atoms. The van der Waals surface area contributed by atoms with Gasteiger partial charge >= 0.3 is 0 Å². The highest BCUT2D eigenvalue weighted by Crippen LogP contribution is 2.40. The van der Waals surface area contributed by atoms with Gasteiger partial charge in [0.2, 0.25) is 5.95 Å². The van der Waals surface area contributed by atoms with Crippen molar-refractivity contribution in [1.82, 2.24) is 9.97 Å². The minimum Gasteiger partial charge on any atom is -0.373 e. The second-order valence-electron chi connectivity index (χ2n) is 4.17. The second kappa shape index (κ2) is 4.68. The molecule has 16 heavy (non-hydrogen) atoms. The number of nitrogens with one attached hydrogen (secondary N) is 1. The van der Waals surface area contributed by atoms with E-state index in [1.54, 1.807) is 0 Å². The number of hydrogen-bond acceptors (Lipinski definition) is 4. The van der Waals surface area contributed by atoms with Crippen molar-refractivity contribution >= 4 is 11.8 Å². The molecule has 0 amide bonds. The first kappa shape index (κ1) is 11.2. The van der Waals surface area contributed by atoms with Gasteiger partial charge < -0.3 is 10.2 Å². The average molecular weight is 220 g/mol. The first-order chi connectivity index (χ1) is 7.78. The van der Waals surface area contributed by atoms with Crippen LogP contribution in [0.15, 0.2) is 6.07 Å². The summed E-state index contributed by atoms with van der Waals surface area (Å²) in [5.41, 5.74) is 1.20. The standard InChI is InChI=1S/C12H20N4/c1-4-16(5-2)12-14-10(9-6-7-9)8-11(13-3)15-12/h8-9H,4-7H2,1-3H3,(H,13,14,15). The van der Waals surface area contributed by atoms with Crippen molar-refractivity contribution in [2.45, 2.75) is 32.6 Å². The van der Waals surface area contributed by atoms with Crippen molar-refractivity contribution in [2.24, 2.45) is 0 Å². The summed E-state index contributed by atoms with van der Waals surface area (Å²) in [6.07, 6.45) is 2.55. The maximum absolute atomic E-state index is 4.66. The molecule has 1 aliphatic rings. The topological polar surface area (TPSA) is 41.1 Å². The summed E-state index contributed by atoms with van der Waals surface area (Å²) in [7, 11) is 1.91. The highest BCUT2D eigenvalue weighted by Gasteiger charge is 2.26. The van der Waals surface area contributed by atoms with Gasteiger partial charge in [0.15, 0.2) is 0 Å². The lowest BCUT2D eigenvalue weighted by molar-refractivity contribution is 0.810. The zero-order valence-electron chi connectivity index (χ0n) is 10.3. The van der Waals surface area contributed by atoms with Crippen LogP contribution in [-0.4, -0.2) is 30.1 Å². The largest absolute Gasteiger partial charge is 0.373 e. The molecule has 0 radical (unpaired) electrons. The quantitative estimate of drug-likeness (QED) is 0.826. The van der Waals surface area contributed by atoms with E-state index in [2.05, 4.69) is 40.1 Å². The normalized spacial score (nSPS) is 14.9. The predicted molar refractivity (Wildman–Crippen MR) is 67.1 cm³/mol. The summed E-state index contributed by atoms with van der Waals surface area (Å²) in [6.45, 7) is 6.17. The summed E-state index contributed by atoms with van der Waals surface area (Å²) < 4.78 is 0. The molecule has 1 fully saturated rings. The van der Waals surface area contributed by atoms with E-state index in [-0.39, 0.29) is 0 Å². The molecule has 0 unspecified atom stereocenters. The highest BCUT2D eigenvalue weighted by molar-refractivity contribution is 5.44. The van der Waals surface area contributed by atoms with Crippen LogP contribution in [-0.2, 0) is 0 Å². The summed E-state index contributed by atoms with van der Waals surface area (Å²) in [5, 5.41) is 3.12. The molecule has 0 aliphatic heterocycles. The van der Waals surface area contributed by atoms with Crippen LogP contribution < -0.4 is 10.2 Å². The third kappa shape index (κ3) is 2.26. The van der Waals surface area contributed by atoms with Gasteiger partial charge in [-0.3, -0.25) is 0 Å². The molecule has 0 atom stereocenters. The Labute approximate surface area is 97.1 Å². The summed E-state index contributed by atoms with van der Waals surface area (Å²) in [4.78, 5) is 11.4. The minimum absolute atomic E-state index is 0.671. The molecule has 4 heteroatoms. The third-order valence-electron chi connectivity index (χ3n) is 3.03. The van der Waals surface area contributed by atoms with E-state index >= 15 is 0 Å². The Hall–Kier alpha value is -1.32. The molecule has 0 aromatic carbocycles. The molecule has 1 saturated carbocycles. The number of nitrogens with zero attached hydrogens (tertiary/aromatic N) is 3. The van der Waals surface area contributed by atoms with E-state index in [1.165, 1.54) is 18.5 Å². The van der Waals surface area contributed by atoms with Gasteiger partial charge in [0.25, 0.3) is 0 Å². The molecule has 1 N–H and O–H groups in total. The van der Waals surface area contributed by atoms with Crippen molar-refractivity contribution in [3.05, 3.63) is 11.8 Å². The van der Waals surface area contributed by atoms with E-state index in [1.807, 2.05) is 7.05 Å². The molecule has 0 saturated heterocycles. The molecule has 1 aromatic rings. The molecule has 1 heterocycles. The lowest BCUT2D eigenvalue weighted by atomic mass is 10.3. The fourth-order valence-electron chi connectivity index (χ4n) is 1.82. The Kier molecular flexibility index (Phi) is 3.27. The molecule has 4 nitrogen and oxygen atoms in total. The van der Waals surface area contributed by atoms with Crippen molar-refractivity contribution in [2.75, 3.05) is 30.4 Å². The van der Waals surface area contributed by atoms with Crippen LogP contribution in [0.1, 0.15) is 38.3 Å². The fraction of sp³-hybridized carbons (Fsp3) is 0.667. The van der Waals surface area contributed by atoms with Crippen LogP contribution in [0.5, 0.6) is 0 Å². The molecular weight excluding hydrogens is 200 g/mol. The zero-order chi connectivity index (χ0) is 11.5. The summed E-state index contributed by atoms with van der Waals surface area (Å²) >= 11 is 0. The van der Waals surface area contributed by atoms with E-state index in [4.69, 9.17) is 0 Å². The van der Waals surface area contributed by atoms with Gasteiger partial charge in [-0.05, 0) is 26.7 Å². The first-order valence-electron chi connectivity index (χ1n) is 6.10. The first-order valence-corrected chi connectivity index (χ1v) is 6.10. The van der Waals surface area contributed by atoms with E-state index in [0.717, 1.165) is 24.9 Å². The van der Waals surface area contributed by atoms with Crippen molar-refractivity contribution in [3.63, 3.8) is 0 Å². The Morgan fingerprint density at radius 2 is 2.00 bits per heavy atom. The molecule has 1 aromatic heterocycles. The maximum Gasteiger partial charge on any atom is 0.227 e. The van der Waals surface area contributed by atoms with Crippen LogP contribution in [0.3, 0.4) is 0 Å². The maximum atomic E-state index is 4.66. The Balaban J connectivity index is 2.31. The van der Waals surface area contributed by atoms with Gasteiger partial charge in [-0.15, -0.1) is 0 Å². The highest BCUT2D eigenvalue weighted by atomic mass is 15.3. The SMILES string of the molecule is CCN(CC)c1nc(NC)cc(C2CC2)n1. The molecule has 88 valence electrons. The van der Waals surface area contributed by atoms with Gasteiger partial charge in [0.05, 0.1) is 5.69 Å². The van der Waals surface area contributed by atoms with Crippen molar-refractivity contribution in [3.8, 4) is 0 Å². The van der Waals surface area contributed by atoms with Crippen LogP contribution in [0.4, 0.5) is 11.8 Å². The predicted octanol–water partition coefficient (Wildman–Crippen LogP) is 2.24. The van der Waals surface area contributed by atoms with Crippen LogP contribution in [0.25, 0.3) is 0 Å². The molecule has 1 aliphatic carbocycles. The molecular formula is C12H20N4.